The third-order valence-electron chi connectivity index (χ3n) is 2.44. The summed E-state index contributed by atoms with van der Waals surface area (Å²) in [6.07, 6.45) is 2.17. The molecule has 0 saturated heterocycles. The third kappa shape index (κ3) is 4.08. The van der Waals surface area contributed by atoms with E-state index in [0.717, 1.165) is 17.8 Å². The molecule has 0 fully saturated rings. The van der Waals surface area contributed by atoms with E-state index in [1.54, 1.807) is 0 Å². The van der Waals surface area contributed by atoms with Gasteiger partial charge in [-0.15, -0.1) is 11.3 Å². The van der Waals surface area contributed by atoms with Gasteiger partial charge in [-0.2, -0.15) is 0 Å². The van der Waals surface area contributed by atoms with Gasteiger partial charge in [0.15, 0.2) is 0 Å². The van der Waals surface area contributed by atoms with Gasteiger partial charge in [-0.05, 0) is 25.3 Å². The highest BCUT2D eigenvalue weighted by atomic mass is 35.5. The Morgan fingerprint density at radius 3 is 2.50 bits per heavy atom. The van der Waals surface area contributed by atoms with Crippen molar-refractivity contribution in [3.05, 3.63) is 14.7 Å². The fourth-order valence-electron chi connectivity index (χ4n) is 1.41. The maximum atomic E-state index is 12.2. The molecule has 0 bridgehead atoms. The molecular formula is C10H15Cl2NO3S2. The van der Waals surface area contributed by atoms with Crippen molar-refractivity contribution in [1.29, 1.82) is 0 Å². The van der Waals surface area contributed by atoms with Gasteiger partial charge in [0, 0.05) is 20.2 Å². The van der Waals surface area contributed by atoms with Gasteiger partial charge in [0.05, 0.1) is 4.34 Å². The van der Waals surface area contributed by atoms with Crippen LogP contribution in [0.25, 0.3) is 0 Å². The minimum absolute atomic E-state index is 0.0591. The first-order chi connectivity index (χ1) is 8.39. The highest BCUT2D eigenvalue weighted by Gasteiger charge is 2.25. The molecule has 1 rings (SSSR count). The molecule has 1 aromatic rings. The smallest absolute Gasteiger partial charge is 0.245 e. The van der Waals surface area contributed by atoms with E-state index in [1.165, 1.54) is 17.4 Å². The Balaban J connectivity index is 2.71. The molecule has 0 atom stereocenters. The third-order valence-corrected chi connectivity index (χ3v) is 6.05. The number of halogens is 2. The van der Waals surface area contributed by atoms with Crippen molar-refractivity contribution >= 4 is 44.6 Å². The van der Waals surface area contributed by atoms with E-state index in [0.29, 0.717) is 23.7 Å². The zero-order chi connectivity index (χ0) is 13.8. The van der Waals surface area contributed by atoms with Gasteiger partial charge in [0.2, 0.25) is 10.0 Å². The van der Waals surface area contributed by atoms with Gasteiger partial charge >= 0.3 is 0 Å². The predicted molar refractivity (Wildman–Crippen MR) is 75.1 cm³/mol. The van der Waals surface area contributed by atoms with Crippen LogP contribution in [0.5, 0.6) is 0 Å². The van der Waals surface area contributed by atoms with Crippen LogP contribution >= 0.6 is 34.5 Å². The molecular weight excluding hydrogens is 317 g/mol. The Bertz CT molecular complexity index is 487. The minimum atomic E-state index is -3.57. The zero-order valence-electron chi connectivity index (χ0n) is 9.90. The molecule has 0 aromatic carbocycles. The van der Waals surface area contributed by atoms with Crippen molar-refractivity contribution in [2.24, 2.45) is 0 Å². The standard InChI is InChI=1S/C10H15Cl2NO3S2/c1-13(5-3-2-4-6-14)18(15,16)8-7-9(11)17-10(8)12/h7,14H,2-6H2,1H3. The number of unbranched alkanes of at least 4 members (excludes halogenated alkanes) is 2. The van der Waals surface area contributed by atoms with Crippen molar-refractivity contribution in [3.63, 3.8) is 0 Å². The van der Waals surface area contributed by atoms with Crippen LogP contribution in [0.15, 0.2) is 11.0 Å². The second-order valence-corrected chi connectivity index (χ2v) is 8.10. The molecule has 18 heavy (non-hydrogen) atoms. The Morgan fingerprint density at radius 2 is 2.00 bits per heavy atom. The number of sulfonamides is 1. The van der Waals surface area contributed by atoms with Crippen molar-refractivity contribution in [2.45, 2.75) is 24.2 Å². The van der Waals surface area contributed by atoms with Gasteiger partial charge in [-0.1, -0.05) is 23.2 Å². The first-order valence-corrected chi connectivity index (χ1v) is 8.43. The van der Waals surface area contributed by atoms with Gasteiger partial charge in [-0.3, -0.25) is 0 Å². The van der Waals surface area contributed by atoms with Crippen LogP contribution in [0.3, 0.4) is 0 Å². The van der Waals surface area contributed by atoms with Crippen LogP contribution in [-0.2, 0) is 10.0 Å². The monoisotopic (exact) mass is 331 g/mol. The van der Waals surface area contributed by atoms with Crippen LogP contribution < -0.4 is 0 Å². The number of thiophene rings is 1. The summed E-state index contributed by atoms with van der Waals surface area (Å²) >= 11 is 12.6. The summed E-state index contributed by atoms with van der Waals surface area (Å²) < 4.78 is 26.1. The lowest BCUT2D eigenvalue weighted by molar-refractivity contribution is 0.281. The molecule has 0 saturated carbocycles. The minimum Gasteiger partial charge on any atom is -0.396 e. The number of aliphatic hydroxyl groups is 1. The molecule has 0 amide bonds. The number of nitrogens with zero attached hydrogens (tertiary/aromatic N) is 1. The second-order valence-electron chi connectivity index (χ2n) is 3.80. The van der Waals surface area contributed by atoms with E-state index in [-0.39, 0.29) is 15.8 Å². The lowest BCUT2D eigenvalue weighted by atomic mass is 10.2. The molecule has 4 nitrogen and oxygen atoms in total. The van der Waals surface area contributed by atoms with E-state index < -0.39 is 10.0 Å². The van der Waals surface area contributed by atoms with E-state index in [1.807, 2.05) is 0 Å². The van der Waals surface area contributed by atoms with Crippen LogP contribution in [0, 0.1) is 0 Å². The molecule has 0 radical (unpaired) electrons. The fourth-order valence-corrected chi connectivity index (χ4v) is 4.73. The van der Waals surface area contributed by atoms with Crippen LogP contribution in [0.2, 0.25) is 8.67 Å². The average Bonchev–Trinajstić information content (AvgIpc) is 2.64. The quantitative estimate of drug-likeness (QED) is 0.781. The van der Waals surface area contributed by atoms with E-state index in [2.05, 4.69) is 0 Å². The highest BCUT2D eigenvalue weighted by Crippen LogP contribution is 2.35. The van der Waals surface area contributed by atoms with Crippen molar-refractivity contribution in [2.75, 3.05) is 20.2 Å². The summed E-state index contributed by atoms with van der Waals surface area (Å²) in [6.45, 7) is 0.522. The summed E-state index contributed by atoms with van der Waals surface area (Å²) in [5, 5.41) is 8.65. The molecule has 0 aliphatic heterocycles. The van der Waals surface area contributed by atoms with Crippen molar-refractivity contribution in [1.82, 2.24) is 4.31 Å². The molecule has 1 N–H and O–H groups in total. The van der Waals surface area contributed by atoms with Crippen molar-refractivity contribution in [3.8, 4) is 0 Å². The molecule has 1 aromatic heterocycles. The predicted octanol–water partition coefficient (Wildman–Crippen LogP) is 2.84. The van der Waals surface area contributed by atoms with Gasteiger partial charge in [0.1, 0.15) is 9.23 Å². The first-order valence-electron chi connectivity index (χ1n) is 5.41. The van der Waals surface area contributed by atoms with Crippen LogP contribution in [-0.4, -0.2) is 38.0 Å². The largest absolute Gasteiger partial charge is 0.396 e. The lowest BCUT2D eigenvalue weighted by Gasteiger charge is -2.16. The molecule has 8 heteroatoms. The summed E-state index contributed by atoms with van der Waals surface area (Å²) in [5.41, 5.74) is 0. The maximum absolute atomic E-state index is 12.2. The lowest BCUT2D eigenvalue weighted by Crippen LogP contribution is -2.27. The Hall–Kier alpha value is 0.150. The molecule has 0 spiro atoms. The Labute approximate surface area is 121 Å². The maximum Gasteiger partial charge on any atom is 0.245 e. The van der Waals surface area contributed by atoms with Gasteiger partial charge in [-0.25, -0.2) is 12.7 Å². The summed E-state index contributed by atoms with van der Waals surface area (Å²) in [6, 6.07) is 1.37. The normalized spacial score (nSPS) is 12.3. The van der Waals surface area contributed by atoms with Gasteiger partial charge < -0.3 is 5.11 Å². The summed E-state index contributed by atoms with van der Waals surface area (Å²) in [4.78, 5) is 0.0591. The Morgan fingerprint density at radius 1 is 1.33 bits per heavy atom. The van der Waals surface area contributed by atoms with E-state index >= 15 is 0 Å². The summed E-state index contributed by atoms with van der Waals surface area (Å²) in [7, 11) is -2.06. The molecule has 0 aliphatic carbocycles. The van der Waals surface area contributed by atoms with Crippen LogP contribution in [0.1, 0.15) is 19.3 Å². The topological polar surface area (TPSA) is 57.6 Å². The average molecular weight is 332 g/mol. The highest BCUT2D eigenvalue weighted by molar-refractivity contribution is 7.89. The summed E-state index contributed by atoms with van der Waals surface area (Å²) in [5.74, 6) is 0. The number of rotatable bonds is 7. The molecule has 1 heterocycles. The molecule has 104 valence electrons. The van der Waals surface area contributed by atoms with Gasteiger partial charge in [0.25, 0.3) is 0 Å². The first kappa shape index (κ1) is 16.2. The van der Waals surface area contributed by atoms with E-state index in [4.69, 9.17) is 28.3 Å². The Kier molecular flexibility index (Phi) is 6.37. The number of hydrogen-bond acceptors (Lipinski definition) is 4. The fraction of sp³-hybridized carbons (Fsp3) is 0.600. The zero-order valence-corrected chi connectivity index (χ0v) is 13.0. The van der Waals surface area contributed by atoms with Crippen LogP contribution in [0.4, 0.5) is 0 Å². The van der Waals surface area contributed by atoms with E-state index in [9.17, 15) is 8.42 Å². The molecule has 0 aliphatic rings. The van der Waals surface area contributed by atoms with Crippen molar-refractivity contribution < 1.29 is 13.5 Å². The number of hydrogen-bond donors (Lipinski definition) is 1. The number of aliphatic hydroxyl groups excluding tert-OH is 1. The second kappa shape index (κ2) is 7.07. The molecule has 0 unspecified atom stereocenters. The SMILES string of the molecule is CN(CCCCCO)S(=O)(=O)c1cc(Cl)sc1Cl.